The summed E-state index contributed by atoms with van der Waals surface area (Å²) in [6, 6.07) is 0. The summed E-state index contributed by atoms with van der Waals surface area (Å²) >= 11 is 1.16. The van der Waals surface area contributed by atoms with Gasteiger partial charge in [0.2, 0.25) is 0 Å². The molecule has 0 unspecified atom stereocenters. The second kappa shape index (κ2) is 4.03. The molecule has 5 nitrogen and oxygen atoms in total. The minimum Gasteiger partial charge on any atom is -0.396 e. The van der Waals surface area contributed by atoms with E-state index >= 15 is 0 Å². The van der Waals surface area contributed by atoms with Crippen molar-refractivity contribution in [3.63, 3.8) is 0 Å². The zero-order valence-electron chi connectivity index (χ0n) is 6.41. The SMILES string of the molecule is NCCNC(=O)c1nscc1N. The lowest BCUT2D eigenvalue weighted by atomic mass is 10.3. The van der Waals surface area contributed by atoms with Crippen LogP contribution in [0.1, 0.15) is 10.5 Å². The standard InChI is InChI=1S/C6H10N4OS/c7-1-2-9-6(11)5-4(8)3-12-10-5/h3H,1-2,7-8H2,(H,9,11). The predicted octanol–water partition coefficient (Wildman–Crippen LogP) is -0.586. The van der Waals surface area contributed by atoms with Crippen molar-refractivity contribution in [1.82, 2.24) is 9.69 Å². The molecule has 1 heterocycles. The van der Waals surface area contributed by atoms with Gasteiger partial charge in [-0.3, -0.25) is 4.79 Å². The highest BCUT2D eigenvalue weighted by atomic mass is 32.1. The average Bonchev–Trinajstić information content (AvgIpc) is 2.47. The van der Waals surface area contributed by atoms with Crippen LogP contribution in [0.5, 0.6) is 0 Å². The van der Waals surface area contributed by atoms with Crippen molar-refractivity contribution >= 4 is 23.1 Å². The van der Waals surface area contributed by atoms with E-state index in [0.717, 1.165) is 11.5 Å². The molecular weight excluding hydrogens is 176 g/mol. The van der Waals surface area contributed by atoms with Crippen LogP contribution in [0.2, 0.25) is 0 Å². The number of nitrogens with one attached hydrogen (secondary N) is 1. The van der Waals surface area contributed by atoms with Crippen LogP contribution < -0.4 is 16.8 Å². The first kappa shape index (κ1) is 8.95. The molecule has 1 amide bonds. The summed E-state index contributed by atoms with van der Waals surface area (Å²) in [5, 5.41) is 4.20. The molecule has 6 heteroatoms. The van der Waals surface area contributed by atoms with Gasteiger partial charge in [0.25, 0.3) is 5.91 Å². The van der Waals surface area contributed by atoms with Gasteiger partial charge in [-0.2, -0.15) is 4.37 Å². The molecule has 1 aromatic rings. The lowest BCUT2D eigenvalue weighted by Crippen LogP contribution is -2.29. The molecule has 0 saturated carbocycles. The van der Waals surface area contributed by atoms with E-state index in [2.05, 4.69) is 9.69 Å². The van der Waals surface area contributed by atoms with Crippen molar-refractivity contribution in [3.05, 3.63) is 11.1 Å². The van der Waals surface area contributed by atoms with Gasteiger partial charge in [0.1, 0.15) is 0 Å². The Bertz CT molecular complexity index is 272. The molecule has 0 aliphatic heterocycles. The summed E-state index contributed by atoms with van der Waals surface area (Å²) in [4.78, 5) is 11.2. The number of carbonyl (C=O) groups excluding carboxylic acids is 1. The fourth-order valence-electron chi connectivity index (χ4n) is 0.686. The highest BCUT2D eigenvalue weighted by Gasteiger charge is 2.10. The maximum absolute atomic E-state index is 11.2. The van der Waals surface area contributed by atoms with E-state index in [1.165, 1.54) is 0 Å². The monoisotopic (exact) mass is 186 g/mol. The summed E-state index contributed by atoms with van der Waals surface area (Å²) in [5.74, 6) is -0.265. The van der Waals surface area contributed by atoms with Crippen LogP contribution in [0.15, 0.2) is 5.38 Å². The van der Waals surface area contributed by atoms with Gasteiger partial charge in [0.05, 0.1) is 5.69 Å². The molecule has 0 spiro atoms. The Hall–Kier alpha value is -1.14. The maximum atomic E-state index is 11.2. The van der Waals surface area contributed by atoms with Crippen LogP contribution in [0.3, 0.4) is 0 Å². The summed E-state index contributed by atoms with van der Waals surface area (Å²) in [7, 11) is 0. The van der Waals surface area contributed by atoms with E-state index < -0.39 is 0 Å². The highest BCUT2D eigenvalue weighted by Crippen LogP contribution is 2.11. The Morgan fingerprint density at radius 2 is 2.50 bits per heavy atom. The lowest BCUT2D eigenvalue weighted by molar-refractivity contribution is 0.0952. The van der Waals surface area contributed by atoms with E-state index in [1.807, 2.05) is 0 Å². The van der Waals surface area contributed by atoms with E-state index in [-0.39, 0.29) is 11.6 Å². The molecule has 0 saturated heterocycles. The minimum absolute atomic E-state index is 0.265. The third-order valence-corrected chi connectivity index (χ3v) is 1.89. The topological polar surface area (TPSA) is 94.0 Å². The molecule has 0 bridgehead atoms. The Kier molecular flexibility index (Phi) is 3.01. The number of nitrogen functional groups attached to an aromatic ring is 1. The van der Waals surface area contributed by atoms with E-state index in [9.17, 15) is 4.79 Å². The third kappa shape index (κ3) is 1.93. The van der Waals surface area contributed by atoms with Crippen molar-refractivity contribution in [2.75, 3.05) is 18.8 Å². The number of nitrogens with zero attached hydrogens (tertiary/aromatic N) is 1. The van der Waals surface area contributed by atoms with Gasteiger partial charge >= 0.3 is 0 Å². The molecule has 1 rings (SSSR count). The highest BCUT2D eigenvalue weighted by molar-refractivity contribution is 7.04. The second-order valence-corrected chi connectivity index (χ2v) is 2.79. The first-order chi connectivity index (χ1) is 5.75. The molecule has 1 aromatic heterocycles. The average molecular weight is 186 g/mol. The lowest BCUT2D eigenvalue weighted by Gasteiger charge is -1.99. The minimum atomic E-state index is -0.265. The summed E-state index contributed by atoms with van der Waals surface area (Å²) in [6.45, 7) is 0.853. The van der Waals surface area contributed by atoms with Crippen LogP contribution in [-0.4, -0.2) is 23.4 Å². The molecular formula is C6H10N4OS. The smallest absolute Gasteiger partial charge is 0.273 e. The van der Waals surface area contributed by atoms with Gasteiger partial charge in [-0.05, 0) is 11.5 Å². The molecule has 66 valence electrons. The Morgan fingerprint density at radius 3 is 3.00 bits per heavy atom. The van der Waals surface area contributed by atoms with Crippen molar-refractivity contribution in [2.45, 2.75) is 0 Å². The van der Waals surface area contributed by atoms with Gasteiger partial charge in [0.15, 0.2) is 5.69 Å². The fourth-order valence-corrected chi connectivity index (χ4v) is 1.26. The molecule has 0 fully saturated rings. The number of rotatable bonds is 3. The first-order valence-electron chi connectivity index (χ1n) is 3.44. The number of anilines is 1. The zero-order valence-corrected chi connectivity index (χ0v) is 7.23. The van der Waals surface area contributed by atoms with Crippen LogP contribution in [0.25, 0.3) is 0 Å². The number of nitrogens with two attached hydrogens (primary N) is 2. The van der Waals surface area contributed by atoms with Crippen molar-refractivity contribution in [1.29, 1.82) is 0 Å². The van der Waals surface area contributed by atoms with E-state index in [4.69, 9.17) is 11.5 Å². The van der Waals surface area contributed by atoms with E-state index in [1.54, 1.807) is 5.38 Å². The second-order valence-electron chi connectivity index (χ2n) is 2.16. The van der Waals surface area contributed by atoms with Crippen molar-refractivity contribution < 1.29 is 4.79 Å². The largest absolute Gasteiger partial charge is 0.396 e. The molecule has 0 aromatic carbocycles. The van der Waals surface area contributed by atoms with E-state index in [0.29, 0.717) is 18.8 Å². The Balaban J connectivity index is 2.59. The number of amides is 1. The van der Waals surface area contributed by atoms with Crippen molar-refractivity contribution in [3.8, 4) is 0 Å². The van der Waals surface area contributed by atoms with Crippen LogP contribution in [0, 0.1) is 0 Å². The molecule has 12 heavy (non-hydrogen) atoms. The van der Waals surface area contributed by atoms with Crippen molar-refractivity contribution in [2.24, 2.45) is 5.73 Å². The van der Waals surface area contributed by atoms with Gasteiger partial charge in [-0.1, -0.05) is 0 Å². The van der Waals surface area contributed by atoms with Gasteiger partial charge in [-0.25, -0.2) is 0 Å². The Labute approximate surface area is 73.9 Å². The summed E-state index contributed by atoms with van der Waals surface area (Å²) in [6.07, 6.45) is 0. The summed E-state index contributed by atoms with van der Waals surface area (Å²) in [5.41, 5.74) is 11.4. The molecule has 0 aliphatic carbocycles. The Morgan fingerprint density at radius 1 is 1.75 bits per heavy atom. The van der Waals surface area contributed by atoms with Crippen LogP contribution in [-0.2, 0) is 0 Å². The normalized spacial score (nSPS) is 9.75. The third-order valence-electron chi connectivity index (χ3n) is 1.24. The predicted molar refractivity (Wildman–Crippen MR) is 47.9 cm³/mol. The van der Waals surface area contributed by atoms with Gasteiger partial charge in [0, 0.05) is 18.5 Å². The number of carbonyl (C=O) groups is 1. The zero-order chi connectivity index (χ0) is 8.97. The molecule has 0 radical (unpaired) electrons. The number of hydrogen-bond donors (Lipinski definition) is 3. The van der Waals surface area contributed by atoms with Gasteiger partial charge < -0.3 is 16.8 Å². The maximum Gasteiger partial charge on any atom is 0.273 e. The molecule has 0 atom stereocenters. The number of aromatic nitrogens is 1. The summed E-state index contributed by atoms with van der Waals surface area (Å²) < 4.78 is 3.83. The van der Waals surface area contributed by atoms with Gasteiger partial charge in [-0.15, -0.1) is 0 Å². The fraction of sp³-hybridized carbons (Fsp3) is 0.333. The number of hydrogen-bond acceptors (Lipinski definition) is 5. The quantitative estimate of drug-likeness (QED) is 0.588. The first-order valence-corrected chi connectivity index (χ1v) is 4.27. The molecule has 5 N–H and O–H groups in total. The molecule has 0 aliphatic rings. The van der Waals surface area contributed by atoms with Crippen LogP contribution in [0.4, 0.5) is 5.69 Å². The van der Waals surface area contributed by atoms with Crippen LogP contribution >= 0.6 is 11.5 Å².